The molecule has 38 heavy (non-hydrogen) atoms. The summed E-state index contributed by atoms with van der Waals surface area (Å²) in [5.74, 6) is 0.652. The number of carbonyl (C=O) groups is 1. The first kappa shape index (κ1) is 24.0. The van der Waals surface area contributed by atoms with Crippen LogP contribution >= 0.6 is 0 Å². The summed E-state index contributed by atoms with van der Waals surface area (Å²) >= 11 is 0. The Kier molecular flexibility index (Phi) is 5.81. The van der Waals surface area contributed by atoms with E-state index in [9.17, 15) is 4.79 Å². The first-order valence-electron chi connectivity index (χ1n) is 13.0. The lowest BCUT2D eigenvalue weighted by Crippen LogP contribution is -2.36. The summed E-state index contributed by atoms with van der Waals surface area (Å²) in [6, 6.07) is 8.39. The van der Waals surface area contributed by atoms with Crippen molar-refractivity contribution in [2.24, 2.45) is 7.05 Å². The van der Waals surface area contributed by atoms with Crippen molar-refractivity contribution < 1.29 is 4.79 Å². The SMILES string of the molecule is CCn1cnnc1-c1nn(C)c2c1CN(C(=O)c1cnn3c(C)c(Cc4ccccc4C)c(C)nc13)CC2. The quantitative estimate of drug-likeness (QED) is 0.360. The number of nitrogens with zero attached hydrogens (tertiary/aromatic N) is 9. The van der Waals surface area contributed by atoms with E-state index < -0.39 is 0 Å². The van der Waals surface area contributed by atoms with Crippen molar-refractivity contribution in [3.63, 3.8) is 0 Å². The van der Waals surface area contributed by atoms with Gasteiger partial charge in [-0.3, -0.25) is 9.48 Å². The van der Waals surface area contributed by atoms with Gasteiger partial charge in [0.1, 0.15) is 17.6 Å². The number of hydrogen-bond acceptors (Lipinski definition) is 6. The highest BCUT2D eigenvalue weighted by Gasteiger charge is 2.31. The Morgan fingerprint density at radius 2 is 1.95 bits per heavy atom. The predicted molar refractivity (Wildman–Crippen MR) is 143 cm³/mol. The van der Waals surface area contributed by atoms with Crippen LogP contribution in [-0.4, -0.2) is 56.5 Å². The van der Waals surface area contributed by atoms with Gasteiger partial charge < -0.3 is 9.47 Å². The molecule has 0 saturated carbocycles. The van der Waals surface area contributed by atoms with Gasteiger partial charge in [-0.05, 0) is 44.4 Å². The number of hydrogen-bond donors (Lipinski definition) is 0. The summed E-state index contributed by atoms with van der Waals surface area (Å²) in [6.07, 6.45) is 4.86. The van der Waals surface area contributed by atoms with Crippen LogP contribution in [0, 0.1) is 20.8 Å². The van der Waals surface area contributed by atoms with Gasteiger partial charge in [0.05, 0.1) is 12.7 Å². The second-order valence-corrected chi connectivity index (χ2v) is 9.97. The lowest BCUT2D eigenvalue weighted by Gasteiger charge is -2.27. The van der Waals surface area contributed by atoms with Gasteiger partial charge in [0.25, 0.3) is 5.91 Å². The molecule has 0 unspecified atom stereocenters. The Labute approximate surface area is 220 Å². The van der Waals surface area contributed by atoms with E-state index in [1.807, 2.05) is 39.6 Å². The van der Waals surface area contributed by atoms with Gasteiger partial charge in [-0.1, -0.05) is 24.3 Å². The van der Waals surface area contributed by atoms with Gasteiger partial charge in [-0.2, -0.15) is 10.2 Å². The minimum absolute atomic E-state index is 0.0737. The maximum atomic E-state index is 13.8. The molecule has 1 aromatic carbocycles. The summed E-state index contributed by atoms with van der Waals surface area (Å²) in [5.41, 5.74) is 9.61. The van der Waals surface area contributed by atoms with E-state index in [2.05, 4.69) is 53.4 Å². The Balaban J connectivity index is 1.33. The monoisotopic (exact) mass is 509 g/mol. The number of fused-ring (bicyclic) bond motifs is 2. The molecule has 1 aliphatic rings. The van der Waals surface area contributed by atoms with Gasteiger partial charge in [-0.25, -0.2) is 9.50 Å². The van der Waals surface area contributed by atoms with E-state index in [1.54, 1.807) is 12.5 Å². The Hall–Kier alpha value is -4.34. The fourth-order valence-electron chi connectivity index (χ4n) is 5.50. The fraction of sp³-hybridized carbons (Fsp3) is 0.357. The molecule has 0 atom stereocenters. The summed E-state index contributed by atoms with van der Waals surface area (Å²) in [6.45, 7) is 10.0. The van der Waals surface area contributed by atoms with Crippen molar-refractivity contribution in [1.82, 2.24) is 44.0 Å². The van der Waals surface area contributed by atoms with Crippen molar-refractivity contribution in [2.45, 2.75) is 53.6 Å². The second kappa shape index (κ2) is 9.20. The molecule has 5 aromatic rings. The molecule has 6 rings (SSSR count). The van der Waals surface area contributed by atoms with Crippen LogP contribution in [0.1, 0.15) is 56.6 Å². The normalized spacial score (nSPS) is 13.3. The number of aromatic nitrogens is 8. The molecule has 0 bridgehead atoms. The van der Waals surface area contributed by atoms with Gasteiger partial charge in [0.2, 0.25) is 0 Å². The van der Waals surface area contributed by atoms with Crippen LogP contribution in [0.5, 0.6) is 0 Å². The Morgan fingerprint density at radius 1 is 1.13 bits per heavy atom. The Morgan fingerprint density at radius 3 is 2.74 bits per heavy atom. The average molecular weight is 510 g/mol. The Bertz CT molecular complexity index is 1690. The highest BCUT2D eigenvalue weighted by Crippen LogP contribution is 2.30. The second-order valence-electron chi connectivity index (χ2n) is 9.97. The number of carbonyl (C=O) groups excluding carboxylic acids is 1. The van der Waals surface area contributed by atoms with Crippen molar-refractivity contribution in [3.05, 3.63) is 81.7 Å². The minimum Gasteiger partial charge on any atom is -0.334 e. The van der Waals surface area contributed by atoms with Crippen LogP contribution in [-0.2, 0) is 33.0 Å². The van der Waals surface area contributed by atoms with Crippen LogP contribution in [0.3, 0.4) is 0 Å². The van der Waals surface area contributed by atoms with Crippen LogP contribution in [0.25, 0.3) is 17.2 Å². The molecule has 194 valence electrons. The number of benzene rings is 1. The smallest absolute Gasteiger partial charge is 0.259 e. The number of aryl methyl sites for hydroxylation is 5. The predicted octanol–water partition coefficient (Wildman–Crippen LogP) is 3.46. The zero-order valence-corrected chi connectivity index (χ0v) is 22.4. The lowest BCUT2D eigenvalue weighted by atomic mass is 9.98. The molecule has 0 radical (unpaired) electrons. The van der Waals surface area contributed by atoms with Gasteiger partial charge >= 0.3 is 0 Å². The van der Waals surface area contributed by atoms with Gasteiger partial charge in [-0.15, -0.1) is 10.2 Å². The molecule has 1 amide bonds. The van der Waals surface area contributed by atoms with Crippen molar-refractivity contribution in [3.8, 4) is 11.5 Å². The highest BCUT2D eigenvalue weighted by molar-refractivity contribution is 6.00. The van der Waals surface area contributed by atoms with Crippen molar-refractivity contribution >= 4 is 11.6 Å². The van der Waals surface area contributed by atoms with E-state index in [1.165, 1.54) is 11.1 Å². The highest BCUT2D eigenvalue weighted by atomic mass is 16.2. The molecule has 0 spiro atoms. The molecule has 0 aliphatic carbocycles. The van der Waals surface area contributed by atoms with E-state index in [-0.39, 0.29) is 5.91 Å². The van der Waals surface area contributed by atoms with Crippen LogP contribution in [0.15, 0.2) is 36.8 Å². The van der Waals surface area contributed by atoms with E-state index in [0.29, 0.717) is 24.3 Å². The molecule has 0 N–H and O–H groups in total. The fourth-order valence-corrected chi connectivity index (χ4v) is 5.50. The third-order valence-corrected chi connectivity index (χ3v) is 7.77. The topological polar surface area (TPSA) is 99.0 Å². The summed E-state index contributed by atoms with van der Waals surface area (Å²) in [4.78, 5) is 20.6. The van der Waals surface area contributed by atoms with Crippen LogP contribution < -0.4 is 0 Å². The molecule has 10 nitrogen and oxygen atoms in total. The minimum atomic E-state index is -0.0737. The molecule has 10 heteroatoms. The molecule has 0 saturated heterocycles. The summed E-state index contributed by atoms with van der Waals surface area (Å²) < 4.78 is 5.68. The third-order valence-electron chi connectivity index (χ3n) is 7.77. The molecular weight excluding hydrogens is 478 g/mol. The molecule has 0 fully saturated rings. The van der Waals surface area contributed by atoms with Gasteiger partial charge in [0, 0.05) is 55.6 Å². The third kappa shape index (κ3) is 3.79. The van der Waals surface area contributed by atoms with Gasteiger partial charge in [0.15, 0.2) is 11.5 Å². The van der Waals surface area contributed by atoms with Crippen LogP contribution in [0.2, 0.25) is 0 Å². The van der Waals surface area contributed by atoms with E-state index in [4.69, 9.17) is 10.1 Å². The van der Waals surface area contributed by atoms with E-state index >= 15 is 0 Å². The first-order chi connectivity index (χ1) is 18.4. The maximum absolute atomic E-state index is 13.8. The molecule has 5 heterocycles. The maximum Gasteiger partial charge on any atom is 0.259 e. The average Bonchev–Trinajstić information content (AvgIpc) is 3.64. The largest absolute Gasteiger partial charge is 0.334 e. The van der Waals surface area contributed by atoms with Crippen molar-refractivity contribution in [2.75, 3.05) is 6.54 Å². The molecule has 1 aliphatic heterocycles. The van der Waals surface area contributed by atoms with Crippen LogP contribution in [0.4, 0.5) is 0 Å². The first-order valence-corrected chi connectivity index (χ1v) is 13.0. The van der Waals surface area contributed by atoms with Crippen molar-refractivity contribution in [1.29, 1.82) is 0 Å². The summed E-state index contributed by atoms with van der Waals surface area (Å²) in [7, 11) is 1.95. The number of rotatable bonds is 5. The molecule has 4 aromatic heterocycles. The zero-order valence-electron chi connectivity index (χ0n) is 22.4. The number of amides is 1. The standard InChI is InChI=1S/C28H31N9O/c1-6-35-16-29-32-27(35)25-23-15-36(12-11-24(23)34(5)33-25)28(38)22-14-30-37-19(4)21(18(3)31-26(22)37)13-20-10-8-7-9-17(20)2/h7-10,14,16H,6,11-13,15H2,1-5H3. The molecular formula is C28H31N9O. The summed E-state index contributed by atoms with van der Waals surface area (Å²) in [5, 5.41) is 17.7. The zero-order chi connectivity index (χ0) is 26.6. The van der Waals surface area contributed by atoms with E-state index in [0.717, 1.165) is 59.1 Å². The lowest BCUT2D eigenvalue weighted by molar-refractivity contribution is 0.0735.